The maximum Gasteiger partial charge on any atom is 0.237 e. The van der Waals surface area contributed by atoms with Crippen LogP contribution in [0.25, 0.3) is 33.4 Å². The van der Waals surface area contributed by atoms with Crippen LogP contribution in [0.15, 0.2) is 59.0 Å². The van der Waals surface area contributed by atoms with E-state index in [1.165, 1.54) is 0 Å². The Morgan fingerprint density at radius 3 is 2.14 bits per heavy atom. The molecule has 0 spiro atoms. The highest BCUT2D eigenvalue weighted by molar-refractivity contribution is 6.54. The second-order valence-electron chi connectivity index (χ2n) is 7.44. The molecule has 0 bridgehead atoms. The minimum atomic E-state index is -0.490. The van der Waals surface area contributed by atoms with Crippen molar-refractivity contribution in [3.05, 3.63) is 82.4 Å². The summed E-state index contributed by atoms with van der Waals surface area (Å²) < 4.78 is 6.21. The molecule has 1 aliphatic rings. The van der Waals surface area contributed by atoms with E-state index in [1.54, 1.807) is 0 Å². The molecule has 1 aromatic heterocycles. The third-order valence-corrected chi connectivity index (χ3v) is 5.64. The summed E-state index contributed by atoms with van der Waals surface area (Å²) in [5.41, 5.74) is 5.36. The molecule has 0 radical (unpaired) electrons. The molecule has 0 unspecified atom stereocenters. The molecule has 3 heteroatoms. The number of furan rings is 1. The Morgan fingerprint density at radius 1 is 0.679 bits per heavy atom. The zero-order chi connectivity index (χ0) is 19.6. The van der Waals surface area contributed by atoms with E-state index in [0.29, 0.717) is 33.8 Å². The SMILES string of the molecule is Cc1ccc(-c2oc3c(c2C)C(=O)C(=O)c2c-3ccc3c(C)cccc23)cc1. The molecule has 136 valence electrons. The number of carbonyl (C=O) groups is 2. The fourth-order valence-corrected chi connectivity index (χ4v) is 4.13. The topological polar surface area (TPSA) is 47.3 Å². The normalized spacial score (nSPS) is 13.0. The minimum Gasteiger partial charge on any atom is -0.455 e. The Morgan fingerprint density at radius 2 is 1.39 bits per heavy atom. The quantitative estimate of drug-likeness (QED) is 0.384. The molecule has 28 heavy (non-hydrogen) atoms. The van der Waals surface area contributed by atoms with Gasteiger partial charge in [0, 0.05) is 22.3 Å². The van der Waals surface area contributed by atoms with E-state index in [1.807, 2.05) is 75.4 Å². The summed E-state index contributed by atoms with van der Waals surface area (Å²) in [4.78, 5) is 26.1. The van der Waals surface area contributed by atoms with Crippen LogP contribution in [0.2, 0.25) is 0 Å². The van der Waals surface area contributed by atoms with Gasteiger partial charge in [0.2, 0.25) is 11.6 Å². The van der Waals surface area contributed by atoms with E-state index in [0.717, 1.165) is 27.5 Å². The van der Waals surface area contributed by atoms with Gasteiger partial charge in [-0.05, 0) is 43.2 Å². The van der Waals surface area contributed by atoms with Crippen LogP contribution in [0.1, 0.15) is 37.4 Å². The van der Waals surface area contributed by atoms with Crippen LogP contribution >= 0.6 is 0 Å². The van der Waals surface area contributed by atoms with Crippen LogP contribution in [-0.2, 0) is 0 Å². The highest BCUT2D eigenvalue weighted by Gasteiger charge is 2.37. The predicted molar refractivity (Wildman–Crippen MR) is 110 cm³/mol. The highest BCUT2D eigenvalue weighted by Crippen LogP contribution is 2.44. The minimum absolute atomic E-state index is 0.389. The monoisotopic (exact) mass is 366 g/mol. The van der Waals surface area contributed by atoms with Crippen molar-refractivity contribution < 1.29 is 14.0 Å². The first-order chi connectivity index (χ1) is 13.5. The Labute approximate surface area is 162 Å². The van der Waals surface area contributed by atoms with E-state index >= 15 is 0 Å². The van der Waals surface area contributed by atoms with Crippen LogP contribution in [0.4, 0.5) is 0 Å². The van der Waals surface area contributed by atoms with Crippen molar-refractivity contribution in [2.75, 3.05) is 0 Å². The second kappa shape index (κ2) is 5.77. The summed E-state index contributed by atoms with van der Waals surface area (Å²) in [6.07, 6.45) is 0. The van der Waals surface area contributed by atoms with Gasteiger partial charge in [-0.3, -0.25) is 9.59 Å². The zero-order valence-electron chi connectivity index (χ0n) is 15.9. The van der Waals surface area contributed by atoms with Gasteiger partial charge in [-0.2, -0.15) is 0 Å². The molecule has 3 nitrogen and oxygen atoms in total. The Kier molecular flexibility index (Phi) is 3.44. The number of benzene rings is 3. The number of aryl methyl sites for hydroxylation is 2. The summed E-state index contributed by atoms with van der Waals surface area (Å²) in [5, 5.41) is 1.78. The van der Waals surface area contributed by atoms with Gasteiger partial charge < -0.3 is 4.42 Å². The lowest BCUT2D eigenvalue weighted by Gasteiger charge is -2.16. The standard InChI is InChI=1S/C25H18O3/c1-13-7-9-16(10-8-13)24-15(3)20-22(26)23(27)21-18-6-4-5-14(2)17(18)11-12-19(21)25(20)28-24/h4-12H,1-3H3. The first-order valence-corrected chi connectivity index (χ1v) is 9.29. The molecule has 3 aromatic carbocycles. The Bertz CT molecular complexity index is 1300. The van der Waals surface area contributed by atoms with Crippen molar-refractivity contribution >= 4 is 22.3 Å². The number of hydrogen-bond donors (Lipinski definition) is 0. The first-order valence-electron chi connectivity index (χ1n) is 9.29. The van der Waals surface area contributed by atoms with Crippen molar-refractivity contribution in [2.45, 2.75) is 20.8 Å². The van der Waals surface area contributed by atoms with Crippen molar-refractivity contribution in [1.29, 1.82) is 0 Å². The Balaban J connectivity index is 1.83. The van der Waals surface area contributed by atoms with Gasteiger partial charge in [-0.25, -0.2) is 0 Å². The van der Waals surface area contributed by atoms with Crippen LogP contribution < -0.4 is 0 Å². The van der Waals surface area contributed by atoms with Gasteiger partial charge in [0.15, 0.2) is 0 Å². The van der Waals surface area contributed by atoms with Gasteiger partial charge in [-0.15, -0.1) is 0 Å². The lowest BCUT2D eigenvalue weighted by atomic mass is 9.83. The molecular formula is C25H18O3. The molecule has 1 heterocycles. The number of ketones is 2. The van der Waals surface area contributed by atoms with Gasteiger partial charge in [0.05, 0.1) is 5.56 Å². The fourth-order valence-electron chi connectivity index (χ4n) is 4.13. The van der Waals surface area contributed by atoms with E-state index in [-0.39, 0.29) is 0 Å². The second-order valence-corrected chi connectivity index (χ2v) is 7.44. The van der Waals surface area contributed by atoms with Gasteiger partial charge >= 0.3 is 0 Å². The lowest BCUT2D eigenvalue weighted by Crippen LogP contribution is -2.21. The van der Waals surface area contributed by atoms with Gasteiger partial charge in [0.25, 0.3) is 0 Å². The third-order valence-electron chi connectivity index (χ3n) is 5.64. The lowest BCUT2D eigenvalue weighted by molar-refractivity contribution is 0.0815. The first kappa shape index (κ1) is 16.7. The summed E-state index contributed by atoms with van der Waals surface area (Å²) in [7, 11) is 0. The van der Waals surface area contributed by atoms with Crippen molar-refractivity contribution in [1.82, 2.24) is 0 Å². The third kappa shape index (κ3) is 2.16. The summed E-state index contributed by atoms with van der Waals surface area (Å²) >= 11 is 0. The van der Waals surface area contributed by atoms with Crippen molar-refractivity contribution in [2.24, 2.45) is 0 Å². The molecule has 0 saturated heterocycles. The smallest absolute Gasteiger partial charge is 0.237 e. The molecule has 0 aliphatic heterocycles. The molecule has 4 aromatic rings. The number of carbonyl (C=O) groups excluding carboxylic acids is 2. The summed E-state index contributed by atoms with van der Waals surface area (Å²) in [6, 6.07) is 17.7. The summed E-state index contributed by atoms with van der Waals surface area (Å²) in [6.45, 7) is 5.87. The zero-order valence-corrected chi connectivity index (χ0v) is 15.9. The largest absolute Gasteiger partial charge is 0.455 e. The van der Waals surface area contributed by atoms with E-state index in [2.05, 4.69) is 0 Å². The molecular weight excluding hydrogens is 348 g/mol. The van der Waals surface area contributed by atoms with Gasteiger partial charge in [-0.1, -0.05) is 54.1 Å². The van der Waals surface area contributed by atoms with Crippen LogP contribution in [0.3, 0.4) is 0 Å². The number of rotatable bonds is 1. The Hall–Kier alpha value is -3.46. The summed E-state index contributed by atoms with van der Waals surface area (Å²) in [5.74, 6) is 0.189. The van der Waals surface area contributed by atoms with E-state index in [4.69, 9.17) is 4.42 Å². The molecule has 0 amide bonds. The van der Waals surface area contributed by atoms with Crippen molar-refractivity contribution in [3.63, 3.8) is 0 Å². The molecule has 0 N–H and O–H groups in total. The maximum absolute atomic E-state index is 13.1. The molecule has 0 fully saturated rings. The van der Waals surface area contributed by atoms with E-state index in [9.17, 15) is 9.59 Å². The average molecular weight is 366 g/mol. The van der Waals surface area contributed by atoms with Crippen LogP contribution in [-0.4, -0.2) is 11.6 Å². The molecule has 5 rings (SSSR count). The number of fused-ring (bicyclic) bond motifs is 5. The molecule has 1 aliphatic carbocycles. The average Bonchev–Trinajstić information content (AvgIpc) is 3.04. The predicted octanol–water partition coefficient (Wildman–Crippen LogP) is 6.07. The fraction of sp³-hybridized carbons (Fsp3) is 0.120. The van der Waals surface area contributed by atoms with Crippen LogP contribution in [0.5, 0.6) is 0 Å². The van der Waals surface area contributed by atoms with Gasteiger partial charge in [0.1, 0.15) is 11.5 Å². The van der Waals surface area contributed by atoms with E-state index < -0.39 is 11.6 Å². The number of hydrogen-bond acceptors (Lipinski definition) is 3. The molecule has 0 atom stereocenters. The number of Topliss-reactive ketones (excluding diaryl/α,β-unsaturated/α-hetero) is 2. The van der Waals surface area contributed by atoms with Crippen molar-refractivity contribution in [3.8, 4) is 22.6 Å². The van der Waals surface area contributed by atoms with Crippen LogP contribution in [0, 0.1) is 20.8 Å². The molecule has 0 saturated carbocycles. The highest BCUT2D eigenvalue weighted by atomic mass is 16.3. The maximum atomic E-state index is 13.1.